The van der Waals surface area contributed by atoms with Crippen LogP contribution in [-0.2, 0) is 4.79 Å². The predicted molar refractivity (Wildman–Crippen MR) is 44.6 cm³/mol. The molecule has 0 saturated heterocycles. The second-order valence-electron chi connectivity index (χ2n) is 3.00. The normalized spacial score (nSPS) is 28.3. The third-order valence-corrected chi connectivity index (χ3v) is 2.11. The van der Waals surface area contributed by atoms with Crippen molar-refractivity contribution in [2.45, 2.75) is 25.3 Å². The molecule has 0 aliphatic heterocycles. The summed E-state index contributed by atoms with van der Waals surface area (Å²) in [5, 5.41) is 8.75. The molecule has 1 aliphatic carbocycles. The summed E-state index contributed by atoms with van der Waals surface area (Å²) in [5.41, 5.74) is 10.3. The Labute approximate surface area is 70.5 Å². The maximum Gasteiger partial charge on any atom is 0.308 e. The van der Waals surface area contributed by atoms with Crippen LogP contribution in [0.2, 0.25) is 0 Å². The van der Waals surface area contributed by atoms with Gasteiger partial charge in [-0.3, -0.25) is 4.79 Å². The van der Waals surface area contributed by atoms with Gasteiger partial charge >= 0.3 is 5.97 Å². The third-order valence-electron chi connectivity index (χ3n) is 2.11. The molecule has 0 aromatic heterocycles. The SMILES string of the molecule is NC(N)=NC1CCCC1C(=O)O. The number of nitrogens with zero attached hydrogens (tertiary/aromatic N) is 1. The number of nitrogens with two attached hydrogens (primary N) is 2. The van der Waals surface area contributed by atoms with E-state index in [1.165, 1.54) is 0 Å². The lowest BCUT2D eigenvalue weighted by atomic mass is 10.1. The van der Waals surface area contributed by atoms with E-state index < -0.39 is 11.9 Å². The molecule has 0 aromatic rings. The van der Waals surface area contributed by atoms with Gasteiger partial charge in [0, 0.05) is 0 Å². The van der Waals surface area contributed by atoms with E-state index >= 15 is 0 Å². The third kappa shape index (κ3) is 1.87. The van der Waals surface area contributed by atoms with E-state index in [-0.39, 0.29) is 12.0 Å². The predicted octanol–water partition coefficient (Wildman–Crippen LogP) is -0.487. The summed E-state index contributed by atoms with van der Waals surface area (Å²) in [7, 11) is 0. The summed E-state index contributed by atoms with van der Waals surface area (Å²) < 4.78 is 0. The Hall–Kier alpha value is -1.26. The Balaban J connectivity index is 2.64. The number of rotatable bonds is 2. The van der Waals surface area contributed by atoms with Gasteiger partial charge in [-0.15, -0.1) is 0 Å². The van der Waals surface area contributed by atoms with Crippen molar-refractivity contribution in [3.63, 3.8) is 0 Å². The number of carboxylic acids is 1. The van der Waals surface area contributed by atoms with Crippen molar-refractivity contribution >= 4 is 11.9 Å². The average molecular weight is 171 g/mol. The molecule has 0 spiro atoms. The maximum absolute atomic E-state index is 10.6. The fourth-order valence-electron chi connectivity index (χ4n) is 1.57. The van der Waals surface area contributed by atoms with Crippen LogP contribution in [0.3, 0.4) is 0 Å². The molecule has 0 amide bonds. The fraction of sp³-hybridized carbons (Fsp3) is 0.714. The molecule has 5 heteroatoms. The van der Waals surface area contributed by atoms with Crippen LogP contribution >= 0.6 is 0 Å². The van der Waals surface area contributed by atoms with E-state index in [0.29, 0.717) is 6.42 Å². The lowest BCUT2D eigenvalue weighted by Gasteiger charge is -2.10. The van der Waals surface area contributed by atoms with E-state index in [9.17, 15) is 4.79 Å². The first kappa shape index (κ1) is 8.83. The first-order valence-corrected chi connectivity index (χ1v) is 3.93. The number of hydrogen-bond acceptors (Lipinski definition) is 2. The number of carbonyl (C=O) groups is 1. The molecular formula is C7H13N3O2. The summed E-state index contributed by atoms with van der Waals surface area (Å²) in [6, 6.07) is -0.215. The number of guanidine groups is 1. The molecule has 1 aliphatic rings. The molecule has 12 heavy (non-hydrogen) atoms. The molecular weight excluding hydrogens is 158 g/mol. The highest BCUT2D eigenvalue weighted by molar-refractivity contribution is 5.77. The quantitative estimate of drug-likeness (QED) is 0.385. The molecule has 0 bridgehead atoms. The monoisotopic (exact) mass is 171 g/mol. The van der Waals surface area contributed by atoms with Gasteiger partial charge in [-0.25, -0.2) is 4.99 Å². The van der Waals surface area contributed by atoms with Gasteiger partial charge in [-0.2, -0.15) is 0 Å². The molecule has 1 fully saturated rings. The van der Waals surface area contributed by atoms with Crippen LogP contribution in [0.4, 0.5) is 0 Å². The fourth-order valence-corrected chi connectivity index (χ4v) is 1.57. The van der Waals surface area contributed by atoms with Crippen LogP contribution in [0.1, 0.15) is 19.3 Å². The smallest absolute Gasteiger partial charge is 0.308 e. The van der Waals surface area contributed by atoms with Crippen molar-refractivity contribution in [3.8, 4) is 0 Å². The van der Waals surface area contributed by atoms with Crippen molar-refractivity contribution in [3.05, 3.63) is 0 Å². The Morgan fingerprint density at radius 2 is 2.08 bits per heavy atom. The first-order valence-electron chi connectivity index (χ1n) is 3.93. The second-order valence-corrected chi connectivity index (χ2v) is 3.00. The van der Waals surface area contributed by atoms with Crippen molar-refractivity contribution < 1.29 is 9.90 Å². The first-order chi connectivity index (χ1) is 5.61. The van der Waals surface area contributed by atoms with E-state index in [1.807, 2.05) is 0 Å². The number of aliphatic carboxylic acids is 1. The van der Waals surface area contributed by atoms with Crippen LogP contribution in [0.15, 0.2) is 4.99 Å². The minimum Gasteiger partial charge on any atom is -0.481 e. The van der Waals surface area contributed by atoms with Crippen LogP contribution in [0.5, 0.6) is 0 Å². The molecule has 1 saturated carbocycles. The van der Waals surface area contributed by atoms with Gasteiger partial charge in [0.15, 0.2) is 5.96 Å². The van der Waals surface area contributed by atoms with E-state index in [1.54, 1.807) is 0 Å². The van der Waals surface area contributed by atoms with Crippen LogP contribution in [0, 0.1) is 5.92 Å². The number of carboxylic acid groups (broad SMARTS) is 1. The summed E-state index contributed by atoms with van der Waals surface area (Å²) >= 11 is 0. The van der Waals surface area contributed by atoms with Crippen molar-refractivity contribution in [2.75, 3.05) is 0 Å². The molecule has 0 aromatic carbocycles. The van der Waals surface area contributed by atoms with Gasteiger partial charge in [-0.1, -0.05) is 6.42 Å². The Morgan fingerprint density at radius 1 is 1.42 bits per heavy atom. The summed E-state index contributed by atoms with van der Waals surface area (Å²) in [4.78, 5) is 14.5. The highest BCUT2D eigenvalue weighted by atomic mass is 16.4. The lowest BCUT2D eigenvalue weighted by Crippen LogP contribution is -2.29. The summed E-state index contributed by atoms with van der Waals surface area (Å²) in [6.07, 6.45) is 2.34. The Morgan fingerprint density at radius 3 is 2.58 bits per heavy atom. The van der Waals surface area contributed by atoms with Crippen LogP contribution in [0.25, 0.3) is 0 Å². The van der Waals surface area contributed by atoms with E-state index in [4.69, 9.17) is 16.6 Å². The highest BCUT2D eigenvalue weighted by Gasteiger charge is 2.32. The molecule has 0 radical (unpaired) electrons. The van der Waals surface area contributed by atoms with Gasteiger partial charge in [0.25, 0.3) is 0 Å². The minimum atomic E-state index is -0.803. The zero-order valence-electron chi connectivity index (χ0n) is 6.73. The standard InChI is InChI=1S/C7H13N3O2/c8-7(9)10-5-3-1-2-4(5)6(11)12/h4-5H,1-3H2,(H,11,12)(H4,8,9,10). The topological polar surface area (TPSA) is 102 Å². The molecule has 68 valence electrons. The largest absolute Gasteiger partial charge is 0.481 e. The van der Waals surface area contributed by atoms with Crippen LogP contribution < -0.4 is 11.5 Å². The van der Waals surface area contributed by atoms with Gasteiger partial charge in [0.2, 0.25) is 0 Å². The summed E-state index contributed by atoms with van der Waals surface area (Å²) in [5.74, 6) is -1.22. The Kier molecular flexibility index (Phi) is 2.52. The number of hydrogen-bond donors (Lipinski definition) is 3. The molecule has 0 heterocycles. The molecule has 1 rings (SSSR count). The van der Waals surface area contributed by atoms with Gasteiger partial charge in [-0.05, 0) is 12.8 Å². The van der Waals surface area contributed by atoms with Crippen molar-refractivity contribution in [1.82, 2.24) is 0 Å². The highest BCUT2D eigenvalue weighted by Crippen LogP contribution is 2.28. The average Bonchev–Trinajstić information content (AvgIpc) is 2.33. The zero-order chi connectivity index (χ0) is 9.14. The zero-order valence-corrected chi connectivity index (χ0v) is 6.73. The molecule has 2 unspecified atom stereocenters. The van der Waals surface area contributed by atoms with Crippen LogP contribution in [-0.4, -0.2) is 23.1 Å². The molecule has 2 atom stereocenters. The number of aliphatic imine (C=N–C) groups is 1. The maximum atomic E-state index is 10.6. The van der Waals surface area contributed by atoms with Crippen molar-refractivity contribution in [2.24, 2.45) is 22.4 Å². The van der Waals surface area contributed by atoms with Gasteiger partial charge in [0.1, 0.15) is 0 Å². The van der Waals surface area contributed by atoms with Gasteiger partial charge < -0.3 is 16.6 Å². The van der Waals surface area contributed by atoms with E-state index in [2.05, 4.69) is 4.99 Å². The summed E-state index contributed by atoms with van der Waals surface area (Å²) in [6.45, 7) is 0. The van der Waals surface area contributed by atoms with Gasteiger partial charge in [0.05, 0.1) is 12.0 Å². The second kappa shape index (κ2) is 3.42. The lowest BCUT2D eigenvalue weighted by molar-refractivity contribution is -0.141. The molecule has 5 nitrogen and oxygen atoms in total. The minimum absolute atomic E-state index is 0.0202. The van der Waals surface area contributed by atoms with E-state index in [0.717, 1.165) is 12.8 Å². The Bertz CT molecular complexity index is 211. The van der Waals surface area contributed by atoms with Crippen molar-refractivity contribution in [1.29, 1.82) is 0 Å². The molecule has 5 N–H and O–H groups in total.